The predicted octanol–water partition coefficient (Wildman–Crippen LogP) is 5.24. The number of benzene rings is 2. The van der Waals surface area contributed by atoms with Crippen LogP contribution in [0.4, 0.5) is 0 Å². The van der Waals surface area contributed by atoms with Crippen molar-refractivity contribution in [2.45, 2.75) is 39.7 Å². The van der Waals surface area contributed by atoms with Crippen LogP contribution in [0, 0.1) is 0 Å². The number of hydrogen-bond donors (Lipinski definition) is 0. The van der Waals surface area contributed by atoms with Crippen LogP contribution in [-0.2, 0) is 19.4 Å². The highest BCUT2D eigenvalue weighted by molar-refractivity contribution is 5.58. The van der Waals surface area contributed by atoms with E-state index in [0.29, 0.717) is 12.5 Å². The third kappa shape index (κ3) is 4.66. The molecule has 2 aromatic carbocycles. The van der Waals surface area contributed by atoms with Crippen molar-refractivity contribution in [2.75, 3.05) is 0 Å². The summed E-state index contributed by atoms with van der Waals surface area (Å²) in [6, 6.07) is 17.0. The van der Waals surface area contributed by atoms with Gasteiger partial charge in [-0.2, -0.15) is 0 Å². The van der Waals surface area contributed by atoms with Crippen molar-refractivity contribution >= 4 is 0 Å². The molecule has 0 saturated carbocycles. The third-order valence-electron chi connectivity index (χ3n) is 4.23. The SMILES string of the molecule is CCCc1ccc(-c2cnc(OCc3ccc(CC)cc3)cn2)cc1. The Morgan fingerprint density at radius 1 is 0.760 bits per heavy atom. The van der Waals surface area contributed by atoms with Crippen LogP contribution in [0.3, 0.4) is 0 Å². The summed E-state index contributed by atoms with van der Waals surface area (Å²) in [5, 5.41) is 0. The predicted molar refractivity (Wildman–Crippen MR) is 102 cm³/mol. The molecular formula is C22H24N2O. The van der Waals surface area contributed by atoms with Crippen LogP contribution in [0.2, 0.25) is 0 Å². The van der Waals surface area contributed by atoms with Crippen molar-refractivity contribution in [3.8, 4) is 17.1 Å². The Morgan fingerprint density at radius 3 is 2.04 bits per heavy atom. The summed E-state index contributed by atoms with van der Waals surface area (Å²) in [4.78, 5) is 8.85. The van der Waals surface area contributed by atoms with Crippen molar-refractivity contribution < 1.29 is 4.74 Å². The summed E-state index contributed by atoms with van der Waals surface area (Å²) < 4.78 is 5.73. The molecule has 3 rings (SSSR count). The number of ether oxygens (including phenoxy) is 1. The summed E-state index contributed by atoms with van der Waals surface area (Å²) in [7, 11) is 0. The number of hydrogen-bond acceptors (Lipinski definition) is 3. The van der Waals surface area contributed by atoms with Crippen LogP contribution in [-0.4, -0.2) is 9.97 Å². The van der Waals surface area contributed by atoms with E-state index in [9.17, 15) is 0 Å². The van der Waals surface area contributed by atoms with Crippen LogP contribution >= 0.6 is 0 Å². The van der Waals surface area contributed by atoms with Crippen LogP contribution in [0.15, 0.2) is 60.9 Å². The summed E-state index contributed by atoms with van der Waals surface area (Å²) in [5.74, 6) is 0.547. The number of nitrogens with zero attached hydrogens (tertiary/aromatic N) is 2. The Hall–Kier alpha value is -2.68. The first kappa shape index (κ1) is 17.2. The monoisotopic (exact) mass is 332 g/mol. The van der Waals surface area contributed by atoms with Gasteiger partial charge in [-0.1, -0.05) is 68.8 Å². The second-order valence-electron chi connectivity index (χ2n) is 6.15. The summed E-state index contributed by atoms with van der Waals surface area (Å²) >= 11 is 0. The molecule has 0 atom stereocenters. The Bertz CT molecular complexity index is 778. The highest BCUT2D eigenvalue weighted by Gasteiger charge is 2.03. The number of aryl methyl sites for hydroxylation is 2. The first-order valence-corrected chi connectivity index (χ1v) is 8.90. The van der Waals surface area contributed by atoms with Crippen LogP contribution in [0.1, 0.15) is 37.0 Å². The molecule has 0 spiro atoms. The molecule has 3 nitrogen and oxygen atoms in total. The Balaban J connectivity index is 1.61. The molecule has 0 fully saturated rings. The Labute approximate surface area is 149 Å². The van der Waals surface area contributed by atoms with Gasteiger partial charge in [-0.25, -0.2) is 9.97 Å². The van der Waals surface area contributed by atoms with Crippen molar-refractivity contribution in [1.29, 1.82) is 0 Å². The zero-order chi connectivity index (χ0) is 17.5. The molecule has 0 N–H and O–H groups in total. The second kappa shape index (κ2) is 8.43. The maximum absolute atomic E-state index is 5.73. The third-order valence-corrected chi connectivity index (χ3v) is 4.23. The van der Waals surface area contributed by atoms with E-state index in [1.54, 1.807) is 12.4 Å². The minimum atomic E-state index is 0.504. The molecule has 0 aliphatic heterocycles. The lowest BCUT2D eigenvalue weighted by Crippen LogP contribution is -1.98. The highest BCUT2D eigenvalue weighted by atomic mass is 16.5. The molecule has 1 aromatic heterocycles. The van der Waals surface area contributed by atoms with Gasteiger partial charge in [0.15, 0.2) is 0 Å². The van der Waals surface area contributed by atoms with Crippen molar-refractivity contribution in [3.05, 3.63) is 77.6 Å². The lowest BCUT2D eigenvalue weighted by molar-refractivity contribution is 0.292. The van der Waals surface area contributed by atoms with Gasteiger partial charge in [0.25, 0.3) is 0 Å². The summed E-state index contributed by atoms with van der Waals surface area (Å²) in [6.45, 7) is 4.85. The zero-order valence-electron chi connectivity index (χ0n) is 14.9. The molecule has 0 bridgehead atoms. The fourth-order valence-corrected chi connectivity index (χ4v) is 2.70. The highest BCUT2D eigenvalue weighted by Crippen LogP contribution is 2.19. The van der Waals surface area contributed by atoms with E-state index in [4.69, 9.17) is 4.74 Å². The fourth-order valence-electron chi connectivity index (χ4n) is 2.70. The van der Waals surface area contributed by atoms with E-state index in [1.165, 1.54) is 11.1 Å². The Morgan fingerprint density at radius 2 is 1.44 bits per heavy atom. The molecule has 1 heterocycles. The van der Waals surface area contributed by atoms with E-state index in [0.717, 1.165) is 36.1 Å². The molecule has 128 valence electrons. The first-order chi connectivity index (χ1) is 12.3. The van der Waals surface area contributed by atoms with E-state index in [-0.39, 0.29) is 0 Å². The van der Waals surface area contributed by atoms with Gasteiger partial charge < -0.3 is 4.74 Å². The number of rotatable bonds is 7. The maximum atomic E-state index is 5.73. The van der Waals surface area contributed by atoms with Gasteiger partial charge in [0, 0.05) is 5.56 Å². The van der Waals surface area contributed by atoms with Gasteiger partial charge >= 0.3 is 0 Å². The molecule has 3 aromatic rings. The molecule has 0 saturated heterocycles. The minimum Gasteiger partial charge on any atom is -0.472 e. The van der Waals surface area contributed by atoms with E-state index in [2.05, 4.69) is 72.3 Å². The molecule has 0 aliphatic rings. The standard InChI is InChI=1S/C22H24N2O/c1-3-5-18-10-12-20(13-11-18)21-14-24-22(15-23-21)25-16-19-8-6-17(4-2)7-9-19/h6-15H,3-5,16H2,1-2H3. The van der Waals surface area contributed by atoms with Gasteiger partial charge in [-0.15, -0.1) is 0 Å². The largest absolute Gasteiger partial charge is 0.472 e. The Kier molecular flexibility index (Phi) is 5.78. The lowest BCUT2D eigenvalue weighted by atomic mass is 10.1. The van der Waals surface area contributed by atoms with Crippen LogP contribution < -0.4 is 4.74 Å². The molecular weight excluding hydrogens is 308 g/mol. The van der Waals surface area contributed by atoms with Gasteiger partial charge in [-0.3, -0.25) is 0 Å². The van der Waals surface area contributed by atoms with Crippen molar-refractivity contribution in [1.82, 2.24) is 9.97 Å². The van der Waals surface area contributed by atoms with Crippen LogP contribution in [0.25, 0.3) is 11.3 Å². The summed E-state index contributed by atoms with van der Waals surface area (Å²) in [6.07, 6.45) is 6.78. The van der Waals surface area contributed by atoms with Gasteiger partial charge in [-0.05, 0) is 29.5 Å². The minimum absolute atomic E-state index is 0.504. The molecule has 0 radical (unpaired) electrons. The van der Waals surface area contributed by atoms with Crippen LogP contribution in [0.5, 0.6) is 5.88 Å². The van der Waals surface area contributed by atoms with Gasteiger partial charge in [0.2, 0.25) is 5.88 Å². The van der Waals surface area contributed by atoms with Gasteiger partial charge in [0.05, 0.1) is 18.1 Å². The lowest BCUT2D eigenvalue weighted by Gasteiger charge is -2.07. The topological polar surface area (TPSA) is 35.0 Å². The first-order valence-electron chi connectivity index (χ1n) is 8.90. The smallest absolute Gasteiger partial charge is 0.232 e. The molecule has 0 aliphatic carbocycles. The fraction of sp³-hybridized carbons (Fsp3) is 0.273. The summed E-state index contributed by atoms with van der Waals surface area (Å²) in [5.41, 5.74) is 5.76. The van der Waals surface area contributed by atoms with Crippen molar-refractivity contribution in [2.24, 2.45) is 0 Å². The second-order valence-corrected chi connectivity index (χ2v) is 6.15. The van der Waals surface area contributed by atoms with E-state index < -0.39 is 0 Å². The normalized spacial score (nSPS) is 10.6. The zero-order valence-corrected chi connectivity index (χ0v) is 14.9. The molecule has 0 amide bonds. The molecule has 25 heavy (non-hydrogen) atoms. The average molecular weight is 332 g/mol. The molecule has 0 unspecified atom stereocenters. The van der Waals surface area contributed by atoms with Crippen molar-refractivity contribution in [3.63, 3.8) is 0 Å². The maximum Gasteiger partial charge on any atom is 0.232 e. The molecule has 3 heteroatoms. The quantitative estimate of drug-likeness (QED) is 0.593. The van der Waals surface area contributed by atoms with Gasteiger partial charge in [0.1, 0.15) is 6.61 Å². The van der Waals surface area contributed by atoms with E-state index in [1.807, 2.05) is 0 Å². The van der Waals surface area contributed by atoms with E-state index >= 15 is 0 Å². The number of aromatic nitrogens is 2. The average Bonchev–Trinajstić information content (AvgIpc) is 2.68.